The second-order valence-electron chi connectivity index (χ2n) is 10.3. The third kappa shape index (κ3) is 2.68. The average Bonchev–Trinajstić information content (AvgIpc) is 2.83. The fourth-order valence-corrected chi connectivity index (χ4v) is 8.20. The molecule has 24 heavy (non-hydrogen) atoms. The van der Waals surface area contributed by atoms with Gasteiger partial charge in [0, 0.05) is 1.43 Å². The second kappa shape index (κ2) is 6.60. The molecule has 1 nitrogen and oxygen atoms in total. The molecule has 0 aromatic heterocycles. The SMILES string of the molecule is C.CC(O)CC1CCC2C3CCC4CCCCC4(C)C3CCC12C.[HH]. The summed E-state index contributed by atoms with van der Waals surface area (Å²) in [6.07, 6.45) is 15.8. The predicted molar refractivity (Wildman–Crippen MR) is 105 cm³/mol. The highest BCUT2D eigenvalue weighted by Crippen LogP contribution is 2.67. The minimum Gasteiger partial charge on any atom is -0.393 e. The normalized spacial score (nSPS) is 51.8. The van der Waals surface area contributed by atoms with Gasteiger partial charge < -0.3 is 5.11 Å². The molecule has 0 aromatic carbocycles. The number of fused-ring (bicyclic) bond motifs is 5. The van der Waals surface area contributed by atoms with Crippen LogP contribution in [0, 0.1) is 40.4 Å². The molecule has 8 unspecified atom stereocenters. The van der Waals surface area contributed by atoms with Crippen molar-refractivity contribution in [1.82, 2.24) is 0 Å². The number of aliphatic hydroxyl groups excluding tert-OH is 1. The first-order valence-corrected chi connectivity index (χ1v) is 10.6. The lowest BCUT2D eigenvalue weighted by Crippen LogP contribution is -2.52. The summed E-state index contributed by atoms with van der Waals surface area (Å²) in [7, 11) is 0. The van der Waals surface area contributed by atoms with Crippen LogP contribution >= 0.6 is 0 Å². The molecule has 0 radical (unpaired) electrons. The molecule has 4 rings (SSSR count). The summed E-state index contributed by atoms with van der Waals surface area (Å²) in [4.78, 5) is 0. The molecule has 0 saturated heterocycles. The van der Waals surface area contributed by atoms with Crippen LogP contribution in [0.25, 0.3) is 0 Å². The fourth-order valence-electron chi connectivity index (χ4n) is 8.20. The van der Waals surface area contributed by atoms with Crippen LogP contribution in [0.2, 0.25) is 0 Å². The van der Waals surface area contributed by atoms with Gasteiger partial charge in [-0.25, -0.2) is 0 Å². The Hall–Kier alpha value is -0.0400. The lowest BCUT2D eigenvalue weighted by Gasteiger charge is -2.60. The lowest BCUT2D eigenvalue weighted by molar-refractivity contribution is -0.112. The predicted octanol–water partition coefficient (Wildman–Crippen LogP) is 6.69. The zero-order chi connectivity index (χ0) is 16.2. The van der Waals surface area contributed by atoms with Gasteiger partial charge in [-0.3, -0.25) is 0 Å². The van der Waals surface area contributed by atoms with E-state index in [0.717, 1.165) is 36.0 Å². The molecule has 0 bridgehead atoms. The van der Waals surface area contributed by atoms with Crippen LogP contribution in [0.3, 0.4) is 0 Å². The standard InChI is InChI=1S/C22H38O.CH4.H2/c1-15(23)14-17-8-10-19-18-9-7-16-6-4-5-12-21(16,2)20(18)11-13-22(17,19)3;;/h15-20,23H,4-14H2,1-3H3;1H4;1H. The monoisotopic (exact) mass is 336 g/mol. The Morgan fingerprint density at radius 3 is 2.42 bits per heavy atom. The third-order valence-electron chi connectivity index (χ3n) is 9.41. The summed E-state index contributed by atoms with van der Waals surface area (Å²) >= 11 is 0. The maximum absolute atomic E-state index is 9.95. The van der Waals surface area contributed by atoms with E-state index in [-0.39, 0.29) is 15.0 Å². The molecule has 4 aliphatic carbocycles. The molecule has 4 fully saturated rings. The van der Waals surface area contributed by atoms with Gasteiger partial charge in [0.25, 0.3) is 0 Å². The van der Waals surface area contributed by atoms with Gasteiger partial charge in [-0.15, -0.1) is 0 Å². The molecule has 8 atom stereocenters. The van der Waals surface area contributed by atoms with Gasteiger partial charge in [-0.1, -0.05) is 34.1 Å². The summed E-state index contributed by atoms with van der Waals surface area (Å²) < 4.78 is 0. The third-order valence-corrected chi connectivity index (χ3v) is 9.41. The Morgan fingerprint density at radius 1 is 0.917 bits per heavy atom. The van der Waals surface area contributed by atoms with E-state index in [2.05, 4.69) is 13.8 Å². The zero-order valence-electron chi connectivity index (χ0n) is 15.7. The summed E-state index contributed by atoms with van der Waals surface area (Å²) in [6.45, 7) is 7.28. The van der Waals surface area contributed by atoms with Crippen molar-refractivity contribution in [3.63, 3.8) is 0 Å². The van der Waals surface area contributed by atoms with Gasteiger partial charge in [-0.2, -0.15) is 0 Å². The van der Waals surface area contributed by atoms with Crippen molar-refractivity contribution in [1.29, 1.82) is 0 Å². The topological polar surface area (TPSA) is 20.2 Å². The summed E-state index contributed by atoms with van der Waals surface area (Å²) in [5.74, 6) is 4.81. The van der Waals surface area contributed by atoms with Gasteiger partial charge in [0.2, 0.25) is 0 Å². The van der Waals surface area contributed by atoms with Gasteiger partial charge in [0.05, 0.1) is 6.10 Å². The van der Waals surface area contributed by atoms with Crippen molar-refractivity contribution in [2.45, 2.75) is 105 Å². The highest BCUT2D eigenvalue weighted by atomic mass is 16.3. The molecule has 0 aliphatic heterocycles. The smallest absolute Gasteiger partial charge is 0.0515 e. The molecule has 142 valence electrons. The van der Waals surface area contributed by atoms with E-state index in [1.807, 2.05) is 6.92 Å². The van der Waals surface area contributed by atoms with Crippen LogP contribution < -0.4 is 0 Å². The Balaban J connectivity index is 0.00000113. The zero-order valence-corrected chi connectivity index (χ0v) is 15.7. The van der Waals surface area contributed by atoms with E-state index in [0.29, 0.717) is 10.8 Å². The van der Waals surface area contributed by atoms with Gasteiger partial charge >= 0.3 is 0 Å². The van der Waals surface area contributed by atoms with Crippen molar-refractivity contribution in [2.75, 3.05) is 0 Å². The van der Waals surface area contributed by atoms with E-state index in [1.54, 1.807) is 0 Å². The Bertz CT molecular complexity index is 449. The Morgan fingerprint density at radius 2 is 1.67 bits per heavy atom. The summed E-state index contributed by atoms with van der Waals surface area (Å²) in [5.41, 5.74) is 1.21. The molecule has 0 amide bonds. The van der Waals surface area contributed by atoms with E-state index in [4.69, 9.17) is 0 Å². The van der Waals surface area contributed by atoms with Crippen molar-refractivity contribution < 1.29 is 6.53 Å². The minimum absolute atomic E-state index is 0. The quantitative estimate of drug-likeness (QED) is 0.595. The average molecular weight is 337 g/mol. The van der Waals surface area contributed by atoms with Crippen molar-refractivity contribution in [2.24, 2.45) is 40.4 Å². The molecule has 0 spiro atoms. The number of hydrogen-bond donors (Lipinski definition) is 1. The fraction of sp³-hybridized carbons (Fsp3) is 1.00. The molecule has 1 heteroatoms. The Labute approximate surface area is 152 Å². The summed E-state index contributed by atoms with van der Waals surface area (Å²) in [5, 5.41) is 9.95. The van der Waals surface area contributed by atoms with E-state index in [1.165, 1.54) is 64.2 Å². The van der Waals surface area contributed by atoms with Gasteiger partial charge in [0.15, 0.2) is 0 Å². The number of aliphatic hydroxyl groups is 1. The van der Waals surface area contributed by atoms with Crippen molar-refractivity contribution >= 4 is 0 Å². The number of rotatable bonds is 2. The van der Waals surface area contributed by atoms with E-state index < -0.39 is 0 Å². The van der Waals surface area contributed by atoms with E-state index >= 15 is 0 Å². The maximum Gasteiger partial charge on any atom is 0.0515 e. The molecule has 1 N–H and O–H groups in total. The van der Waals surface area contributed by atoms with Crippen LogP contribution in [0.4, 0.5) is 0 Å². The first-order valence-electron chi connectivity index (χ1n) is 10.6. The van der Waals surface area contributed by atoms with E-state index in [9.17, 15) is 5.11 Å². The van der Waals surface area contributed by atoms with Crippen molar-refractivity contribution in [3.05, 3.63) is 0 Å². The van der Waals surface area contributed by atoms with Crippen LogP contribution in [0.5, 0.6) is 0 Å². The number of hydrogen-bond acceptors (Lipinski definition) is 1. The lowest BCUT2D eigenvalue weighted by atomic mass is 9.45. The van der Waals surface area contributed by atoms with Crippen LogP contribution in [0.1, 0.15) is 100 Å². The highest BCUT2D eigenvalue weighted by Gasteiger charge is 2.59. The second-order valence-corrected chi connectivity index (χ2v) is 10.3. The van der Waals surface area contributed by atoms with Crippen molar-refractivity contribution in [3.8, 4) is 0 Å². The van der Waals surface area contributed by atoms with Crippen LogP contribution in [-0.4, -0.2) is 11.2 Å². The minimum atomic E-state index is -0.111. The summed E-state index contributed by atoms with van der Waals surface area (Å²) in [6, 6.07) is 0. The largest absolute Gasteiger partial charge is 0.393 e. The van der Waals surface area contributed by atoms with Crippen LogP contribution in [0.15, 0.2) is 0 Å². The first kappa shape index (κ1) is 18.7. The molecule has 0 heterocycles. The molecule has 4 saturated carbocycles. The molecule has 0 aromatic rings. The van der Waals surface area contributed by atoms with Gasteiger partial charge in [-0.05, 0) is 105 Å². The van der Waals surface area contributed by atoms with Gasteiger partial charge in [0.1, 0.15) is 0 Å². The molecular weight excluding hydrogens is 292 g/mol. The maximum atomic E-state index is 9.95. The Kier molecular flexibility index (Phi) is 5.15. The molecule has 4 aliphatic rings. The highest BCUT2D eigenvalue weighted by molar-refractivity contribution is 5.08. The van der Waals surface area contributed by atoms with Crippen LogP contribution in [-0.2, 0) is 0 Å². The first-order chi connectivity index (χ1) is 10.9. The molecular formula is C23H44O.